The number of para-hydroxylation sites is 1. The summed E-state index contributed by atoms with van der Waals surface area (Å²) in [5.74, 6) is -0.268. The van der Waals surface area contributed by atoms with Gasteiger partial charge in [-0.25, -0.2) is 4.79 Å². The third-order valence-electron chi connectivity index (χ3n) is 4.66. The topological polar surface area (TPSA) is 75.3 Å². The number of fused-ring (bicyclic) bond motifs is 1. The van der Waals surface area contributed by atoms with Crippen LogP contribution in [0, 0.1) is 5.92 Å². The molecular weight excluding hydrogens is 330 g/mol. The van der Waals surface area contributed by atoms with E-state index in [-0.39, 0.29) is 18.4 Å². The number of H-pyrrole nitrogens is 1. The summed E-state index contributed by atoms with van der Waals surface area (Å²) in [5, 5.41) is 7.65. The number of ether oxygens (including phenoxy) is 1. The Kier molecular flexibility index (Phi) is 4.39. The average Bonchev–Trinajstić information content (AvgIpc) is 3.27. The van der Waals surface area contributed by atoms with Crippen LogP contribution < -0.4 is 0 Å². The molecule has 1 N–H and O–H groups in total. The normalized spacial score (nSPS) is 17.0. The van der Waals surface area contributed by atoms with Crippen LogP contribution in [0.3, 0.4) is 0 Å². The van der Waals surface area contributed by atoms with Gasteiger partial charge in [-0.3, -0.25) is 9.89 Å². The molecule has 26 heavy (non-hydrogen) atoms. The number of esters is 1. The lowest BCUT2D eigenvalue weighted by atomic mass is 10.1. The number of aromatic amines is 1. The van der Waals surface area contributed by atoms with Gasteiger partial charge in [-0.2, -0.15) is 5.10 Å². The molecule has 1 aliphatic rings. The Morgan fingerprint density at radius 2 is 2.04 bits per heavy atom. The van der Waals surface area contributed by atoms with E-state index in [1.54, 1.807) is 18.3 Å². The fourth-order valence-corrected chi connectivity index (χ4v) is 3.33. The molecule has 6 heteroatoms. The highest BCUT2D eigenvalue weighted by atomic mass is 16.5. The molecule has 2 heterocycles. The van der Waals surface area contributed by atoms with Gasteiger partial charge in [0.1, 0.15) is 0 Å². The molecule has 3 aromatic rings. The van der Waals surface area contributed by atoms with Crippen molar-refractivity contribution in [2.75, 3.05) is 13.2 Å². The lowest BCUT2D eigenvalue weighted by Gasteiger charge is -2.16. The molecule has 0 aliphatic carbocycles. The first kappa shape index (κ1) is 16.3. The summed E-state index contributed by atoms with van der Waals surface area (Å²) >= 11 is 0. The van der Waals surface area contributed by atoms with Crippen LogP contribution in [0.2, 0.25) is 0 Å². The van der Waals surface area contributed by atoms with E-state index in [1.807, 2.05) is 41.3 Å². The minimum absolute atomic E-state index is 0.0242. The minimum Gasteiger partial charge on any atom is -0.462 e. The lowest BCUT2D eigenvalue weighted by molar-refractivity contribution is -0.128. The smallest absolute Gasteiger partial charge is 0.340 e. The molecule has 6 nitrogen and oxygen atoms in total. The molecule has 0 bridgehead atoms. The second-order valence-electron chi connectivity index (χ2n) is 6.57. The Bertz CT molecular complexity index is 936. The highest BCUT2D eigenvalue weighted by molar-refractivity contribution is 6.02. The lowest BCUT2D eigenvalue weighted by Crippen LogP contribution is -2.25. The van der Waals surface area contributed by atoms with Gasteiger partial charge >= 0.3 is 5.97 Å². The molecule has 1 aromatic heterocycles. The van der Waals surface area contributed by atoms with E-state index in [2.05, 4.69) is 10.2 Å². The van der Waals surface area contributed by atoms with Crippen molar-refractivity contribution in [1.29, 1.82) is 0 Å². The highest BCUT2D eigenvalue weighted by Crippen LogP contribution is 2.22. The van der Waals surface area contributed by atoms with E-state index in [0.717, 1.165) is 10.9 Å². The zero-order chi connectivity index (χ0) is 17.9. The molecule has 1 saturated heterocycles. The number of likely N-dealkylation sites (tertiary alicyclic amines) is 1. The zero-order valence-corrected chi connectivity index (χ0v) is 14.2. The number of nitrogens with one attached hydrogen (secondary N) is 1. The van der Waals surface area contributed by atoms with Gasteiger partial charge in [-0.15, -0.1) is 0 Å². The third-order valence-corrected chi connectivity index (χ3v) is 4.66. The van der Waals surface area contributed by atoms with Crippen LogP contribution in [0.25, 0.3) is 10.9 Å². The maximum Gasteiger partial charge on any atom is 0.340 e. The zero-order valence-electron chi connectivity index (χ0n) is 14.2. The largest absolute Gasteiger partial charge is 0.462 e. The third kappa shape index (κ3) is 3.31. The average molecular weight is 349 g/mol. The highest BCUT2D eigenvalue weighted by Gasteiger charge is 2.30. The minimum atomic E-state index is -0.395. The van der Waals surface area contributed by atoms with Crippen molar-refractivity contribution in [2.45, 2.75) is 13.0 Å². The number of amides is 1. The summed E-state index contributed by atoms with van der Waals surface area (Å²) in [6.45, 7) is 1.44. The molecule has 1 amide bonds. The number of nitrogens with zero attached hydrogens (tertiary/aromatic N) is 2. The summed E-state index contributed by atoms with van der Waals surface area (Å²) in [7, 11) is 0. The fraction of sp³-hybridized carbons (Fsp3) is 0.250. The van der Waals surface area contributed by atoms with Crippen LogP contribution in [0.1, 0.15) is 22.3 Å². The summed E-state index contributed by atoms with van der Waals surface area (Å²) < 4.78 is 5.47. The summed E-state index contributed by atoms with van der Waals surface area (Å²) in [6.07, 6.45) is 2.08. The van der Waals surface area contributed by atoms with E-state index in [4.69, 9.17) is 4.74 Å². The molecule has 1 aliphatic heterocycles. The first-order valence-corrected chi connectivity index (χ1v) is 8.61. The SMILES string of the molecule is O=C(OC[C@H]1CC(=O)N(Cc2ccccc2)C1)c1cccc2cn[nH]c12. The Hall–Kier alpha value is -3.15. The molecule has 0 unspecified atom stereocenters. The van der Waals surface area contributed by atoms with E-state index in [0.29, 0.717) is 30.6 Å². The van der Waals surface area contributed by atoms with Crippen LogP contribution >= 0.6 is 0 Å². The standard InChI is InChI=1S/C20H19N3O3/c24-18-9-15(12-23(18)11-14-5-2-1-3-6-14)13-26-20(25)17-8-4-7-16-10-21-22-19(16)17/h1-8,10,15H,9,11-13H2,(H,21,22)/t15-/m0/s1. The number of carbonyl (C=O) groups excluding carboxylic acids is 2. The van der Waals surface area contributed by atoms with E-state index < -0.39 is 5.97 Å². The number of aromatic nitrogens is 2. The van der Waals surface area contributed by atoms with Crippen molar-refractivity contribution in [3.63, 3.8) is 0 Å². The van der Waals surface area contributed by atoms with Crippen LogP contribution in [-0.2, 0) is 16.1 Å². The van der Waals surface area contributed by atoms with Crippen LogP contribution in [-0.4, -0.2) is 40.1 Å². The van der Waals surface area contributed by atoms with Crippen molar-refractivity contribution in [3.05, 3.63) is 65.9 Å². The first-order chi connectivity index (χ1) is 12.7. The summed E-state index contributed by atoms with van der Waals surface area (Å²) in [4.78, 5) is 26.4. The Balaban J connectivity index is 1.36. The molecule has 1 atom stereocenters. The fourth-order valence-electron chi connectivity index (χ4n) is 3.33. The van der Waals surface area contributed by atoms with E-state index in [9.17, 15) is 9.59 Å². The van der Waals surface area contributed by atoms with Gasteiger partial charge in [0.05, 0.1) is 23.9 Å². The van der Waals surface area contributed by atoms with E-state index in [1.165, 1.54) is 0 Å². The van der Waals surface area contributed by atoms with Crippen molar-refractivity contribution in [2.24, 2.45) is 5.92 Å². The molecule has 132 valence electrons. The van der Waals surface area contributed by atoms with Crippen molar-refractivity contribution >= 4 is 22.8 Å². The van der Waals surface area contributed by atoms with Gasteiger partial charge in [-0.1, -0.05) is 42.5 Å². The van der Waals surface area contributed by atoms with Crippen LogP contribution in [0.5, 0.6) is 0 Å². The Morgan fingerprint density at radius 1 is 1.19 bits per heavy atom. The van der Waals surface area contributed by atoms with Gasteiger partial charge in [0.25, 0.3) is 0 Å². The van der Waals surface area contributed by atoms with Crippen LogP contribution in [0.15, 0.2) is 54.7 Å². The van der Waals surface area contributed by atoms with E-state index >= 15 is 0 Å². The molecular formula is C20H19N3O3. The summed E-state index contributed by atoms with van der Waals surface area (Å²) in [6, 6.07) is 15.3. The second kappa shape index (κ2) is 7.00. The summed E-state index contributed by atoms with van der Waals surface area (Å²) in [5.41, 5.74) is 2.24. The number of rotatable bonds is 5. The maximum atomic E-state index is 12.4. The Morgan fingerprint density at radius 3 is 2.88 bits per heavy atom. The predicted octanol–water partition coefficient (Wildman–Crippen LogP) is 2.77. The number of hydrogen-bond donors (Lipinski definition) is 1. The monoisotopic (exact) mass is 349 g/mol. The van der Waals surface area contributed by atoms with Gasteiger partial charge in [0, 0.05) is 30.8 Å². The molecule has 1 fully saturated rings. The second-order valence-corrected chi connectivity index (χ2v) is 6.57. The molecule has 2 aromatic carbocycles. The quantitative estimate of drug-likeness (QED) is 0.719. The van der Waals surface area contributed by atoms with Gasteiger partial charge in [0.2, 0.25) is 5.91 Å². The molecule has 4 rings (SSSR count). The number of carbonyl (C=O) groups is 2. The van der Waals surface area contributed by atoms with Crippen LogP contribution in [0.4, 0.5) is 0 Å². The maximum absolute atomic E-state index is 12.4. The molecule has 0 saturated carbocycles. The van der Waals surface area contributed by atoms with Crippen molar-refractivity contribution < 1.29 is 14.3 Å². The van der Waals surface area contributed by atoms with Gasteiger partial charge < -0.3 is 9.64 Å². The number of hydrogen-bond acceptors (Lipinski definition) is 4. The van der Waals surface area contributed by atoms with Gasteiger partial charge in [0.15, 0.2) is 0 Å². The first-order valence-electron chi connectivity index (χ1n) is 8.61. The predicted molar refractivity (Wildman–Crippen MR) is 96.3 cm³/mol. The van der Waals surface area contributed by atoms with Crippen molar-refractivity contribution in [3.8, 4) is 0 Å². The van der Waals surface area contributed by atoms with Gasteiger partial charge in [-0.05, 0) is 11.6 Å². The Labute approximate surface area is 150 Å². The molecule has 0 radical (unpaired) electrons. The van der Waals surface area contributed by atoms with Crippen molar-refractivity contribution in [1.82, 2.24) is 15.1 Å². The number of benzene rings is 2. The molecule has 0 spiro atoms.